The molecule has 2 aromatic rings. The normalized spacial score (nSPS) is 11.8. The number of benzene rings is 1. The lowest BCUT2D eigenvalue weighted by molar-refractivity contribution is -0.121. The highest BCUT2D eigenvalue weighted by molar-refractivity contribution is 5.76. The molecule has 0 spiro atoms. The van der Waals surface area contributed by atoms with Gasteiger partial charge in [0.15, 0.2) is 0 Å². The van der Waals surface area contributed by atoms with Gasteiger partial charge >= 0.3 is 0 Å². The Balaban J connectivity index is 1.71. The van der Waals surface area contributed by atoms with Gasteiger partial charge in [-0.1, -0.05) is 12.1 Å². The highest BCUT2D eigenvalue weighted by atomic mass is 16.1. The van der Waals surface area contributed by atoms with Gasteiger partial charge in [0.25, 0.3) is 0 Å². The van der Waals surface area contributed by atoms with Crippen molar-refractivity contribution in [3.05, 3.63) is 30.6 Å². The first-order chi connectivity index (χ1) is 9.96. The largest absolute Gasteiger partial charge is 0.356 e. The molecule has 0 bridgehead atoms. The second kappa shape index (κ2) is 6.72. The van der Waals surface area contributed by atoms with Gasteiger partial charge in [-0.2, -0.15) is 0 Å². The number of rotatable bonds is 7. The van der Waals surface area contributed by atoms with E-state index in [2.05, 4.69) is 20.9 Å². The predicted octanol–water partition coefficient (Wildman–Crippen LogP) is 2.06. The Hall–Kier alpha value is -1.88. The Morgan fingerprint density at radius 2 is 2.14 bits per heavy atom. The van der Waals surface area contributed by atoms with Crippen molar-refractivity contribution in [3.63, 3.8) is 0 Å². The average molecular weight is 288 g/mol. The van der Waals surface area contributed by atoms with Crippen LogP contribution in [-0.2, 0) is 11.3 Å². The van der Waals surface area contributed by atoms with E-state index >= 15 is 0 Å². The monoisotopic (exact) mass is 288 g/mol. The molecule has 0 fully saturated rings. The number of carbonyl (C=O) groups is 1. The van der Waals surface area contributed by atoms with E-state index in [1.54, 1.807) is 0 Å². The minimum atomic E-state index is -0.285. The van der Waals surface area contributed by atoms with E-state index in [9.17, 15) is 4.79 Å². The van der Waals surface area contributed by atoms with E-state index in [-0.39, 0.29) is 11.4 Å². The van der Waals surface area contributed by atoms with E-state index in [1.807, 2.05) is 38.4 Å². The quantitative estimate of drug-likeness (QED) is 0.766. The van der Waals surface area contributed by atoms with Crippen LogP contribution >= 0.6 is 0 Å². The molecule has 0 unspecified atom stereocenters. The van der Waals surface area contributed by atoms with Crippen molar-refractivity contribution >= 4 is 16.9 Å². The van der Waals surface area contributed by atoms with Crippen molar-refractivity contribution in [2.45, 2.75) is 45.2 Å². The van der Waals surface area contributed by atoms with Crippen LogP contribution in [0, 0.1) is 0 Å². The van der Waals surface area contributed by atoms with Gasteiger partial charge in [-0.25, -0.2) is 4.98 Å². The Kier molecular flexibility index (Phi) is 4.96. The van der Waals surface area contributed by atoms with Crippen molar-refractivity contribution in [2.24, 2.45) is 5.73 Å². The molecular formula is C16H24N4O. The SMILES string of the molecule is CC(C)(N)CCC(=O)NCCCn1cnc2ccccc21. The van der Waals surface area contributed by atoms with Crippen LogP contribution in [-0.4, -0.2) is 27.5 Å². The fourth-order valence-corrected chi connectivity index (χ4v) is 2.19. The van der Waals surface area contributed by atoms with Crippen molar-refractivity contribution in [1.82, 2.24) is 14.9 Å². The Labute approximate surface area is 125 Å². The second-order valence-electron chi connectivity index (χ2n) is 6.12. The molecule has 0 aliphatic rings. The van der Waals surface area contributed by atoms with Crippen LogP contribution in [0.25, 0.3) is 11.0 Å². The lowest BCUT2D eigenvalue weighted by Crippen LogP contribution is -2.34. The van der Waals surface area contributed by atoms with E-state index in [0.29, 0.717) is 19.4 Å². The summed E-state index contributed by atoms with van der Waals surface area (Å²) in [7, 11) is 0. The summed E-state index contributed by atoms with van der Waals surface area (Å²) in [5.41, 5.74) is 7.72. The summed E-state index contributed by atoms with van der Waals surface area (Å²) in [6.07, 6.45) is 3.92. The Morgan fingerprint density at radius 3 is 2.90 bits per heavy atom. The molecule has 0 atom stereocenters. The second-order valence-corrected chi connectivity index (χ2v) is 6.12. The molecule has 21 heavy (non-hydrogen) atoms. The molecule has 5 nitrogen and oxygen atoms in total. The number of aryl methyl sites for hydroxylation is 1. The van der Waals surface area contributed by atoms with Gasteiger partial charge in [0.05, 0.1) is 17.4 Å². The number of nitrogens with zero attached hydrogens (tertiary/aromatic N) is 2. The molecule has 5 heteroatoms. The minimum absolute atomic E-state index is 0.0732. The van der Waals surface area contributed by atoms with Crippen molar-refractivity contribution in [1.29, 1.82) is 0 Å². The van der Waals surface area contributed by atoms with Crippen LogP contribution < -0.4 is 11.1 Å². The zero-order valence-electron chi connectivity index (χ0n) is 12.8. The fourth-order valence-electron chi connectivity index (χ4n) is 2.19. The van der Waals surface area contributed by atoms with E-state index in [4.69, 9.17) is 5.73 Å². The summed E-state index contributed by atoms with van der Waals surface area (Å²) >= 11 is 0. The standard InChI is InChI=1S/C16H24N4O/c1-16(2,17)9-8-15(21)18-10-5-11-20-12-19-13-6-3-4-7-14(13)20/h3-4,6-7,12H,5,8-11,17H2,1-2H3,(H,18,21). The molecule has 0 aliphatic heterocycles. The summed E-state index contributed by atoms with van der Waals surface area (Å²) in [5, 5.41) is 2.94. The first kappa shape index (κ1) is 15.5. The molecule has 114 valence electrons. The third-order valence-electron chi connectivity index (χ3n) is 3.42. The van der Waals surface area contributed by atoms with Gasteiger partial charge in [0.2, 0.25) is 5.91 Å². The van der Waals surface area contributed by atoms with Crippen molar-refractivity contribution in [3.8, 4) is 0 Å². The molecule has 2 rings (SSSR count). The third kappa shape index (κ3) is 4.86. The first-order valence-electron chi connectivity index (χ1n) is 7.41. The number of para-hydroxylation sites is 2. The number of imidazole rings is 1. The van der Waals surface area contributed by atoms with E-state index in [1.165, 1.54) is 0 Å². The molecule has 0 saturated carbocycles. The summed E-state index contributed by atoms with van der Waals surface area (Å²) in [6.45, 7) is 5.40. The van der Waals surface area contributed by atoms with Gasteiger partial charge in [-0.15, -0.1) is 0 Å². The predicted molar refractivity (Wildman–Crippen MR) is 84.9 cm³/mol. The maximum atomic E-state index is 11.7. The Bertz CT molecular complexity index is 598. The maximum absolute atomic E-state index is 11.7. The van der Waals surface area contributed by atoms with Crippen LogP contribution in [0.1, 0.15) is 33.1 Å². The molecule has 1 amide bonds. The molecule has 1 aromatic heterocycles. The number of hydrogen-bond donors (Lipinski definition) is 2. The van der Waals surface area contributed by atoms with Gasteiger partial charge in [-0.05, 0) is 38.8 Å². The third-order valence-corrected chi connectivity index (χ3v) is 3.42. The number of nitrogens with one attached hydrogen (secondary N) is 1. The summed E-state index contributed by atoms with van der Waals surface area (Å²) in [4.78, 5) is 16.0. The first-order valence-corrected chi connectivity index (χ1v) is 7.41. The van der Waals surface area contributed by atoms with Gasteiger partial charge in [0, 0.05) is 25.0 Å². The minimum Gasteiger partial charge on any atom is -0.356 e. The smallest absolute Gasteiger partial charge is 0.220 e. The summed E-state index contributed by atoms with van der Waals surface area (Å²) in [6, 6.07) is 8.06. The summed E-state index contributed by atoms with van der Waals surface area (Å²) in [5.74, 6) is 0.0732. The number of amides is 1. The highest BCUT2D eigenvalue weighted by Crippen LogP contribution is 2.12. The van der Waals surface area contributed by atoms with Gasteiger partial charge in [0.1, 0.15) is 0 Å². The Morgan fingerprint density at radius 1 is 1.38 bits per heavy atom. The fraction of sp³-hybridized carbons (Fsp3) is 0.500. The van der Waals surface area contributed by atoms with Crippen LogP contribution in [0.2, 0.25) is 0 Å². The van der Waals surface area contributed by atoms with Gasteiger partial charge in [-0.3, -0.25) is 4.79 Å². The lowest BCUT2D eigenvalue weighted by Gasteiger charge is -2.17. The van der Waals surface area contributed by atoms with E-state index in [0.717, 1.165) is 24.0 Å². The number of nitrogens with two attached hydrogens (primary N) is 1. The number of hydrogen-bond acceptors (Lipinski definition) is 3. The van der Waals surface area contributed by atoms with Crippen LogP contribution in [0.5, 0.6) is 0 Å². The van der Waals surface area contributed by atoms with Crippen LogP contribution in [0.4, 0.5) is 0 Å². The van der Waals surface area contributed by atoms with E-state index < -0.39 is 0 Å². The topological polar surface area (TPSA) is 72.9 Å². The zero-order valence-corrected chi connectivity index (χ0v) is 12.8. The molecule has 1 aromatic carbocycles. The van der Waals surface area contributed by atoms with Crippen molar-refractivity contribution < 1.29 is 4.79 Å². The zero-order chi connectivity index (χ0) is 15.3. The van der Waals surface area contributed by atoms with Gasteiger partial charge < -0.3 is 15.6 Å². The van der Waals surface area contributed by atoms with Crippen LogP contribution in [0.3, 0.4) is 0 Å². The van der Waals surface area contributed by atoms with Crippen molar-refractivity contribution in [2.75, 3.05) is 6.54 Å². The van der Waals surface area contributed by atoms with Crippen LogP contribution in [0.15, 0.2) is 30.6 Å². The number of fused-ring (bicyclic) bond motifs is 1. The molecule has 0 saturated heterocycles. The lowest BCUT2D eigenvalue weighted by atomic mass is 10.00. The molecule has 3 N–H and O–H groups in total. The summed E-state index contributed by atoms with van der Waals surface area (Å²) < 4.78 is 2.12. The number of carbonyl (C=O) groups excluding carboxylic acids is 1. The average Bonchev–Trinajstić information content (AvgIpc) is 2.84. The maximum Gasteiger partial charge on any atom is 0.220 e. The molecule has 0 aliphatic carbocycles. The molecule has 1 heterocycles. The number of aromatic nitrogens is 2. The highest BCUT2D eigenvalue weighted by Gasteiger charge is 2.12. The molecular weight excluding hydrogens is 264 g/mol. The molecule has 0 radical (unpaired) electrons.